The molecule has 0 spiro atoms. The van der Waals surface area contributed by atoms with E-state index < -0.39 is 0 Å². The molecule has 2 heterocycles. The number of tetrazole rings is 1. The molecule has 0 atom stereocenters. The van der Waals surface area contributed by atoms with Crippen LogP contribution in [0.3, 0.4) is 0 Å². The van der Waals surface area contributed by atoms with E-state index in [1.165, 1.54) is 12.8 Å². The maximum absolute atomic E-state index is 4.06. The largest absolute Gasteiger partial charge is 0.368 e. The van der Waals surface area contributed by atoms with Gasteiger partial charge >= 0.3 is 0 Å². The molecule has 72 valence electrons. The summed E-state index contributed by atoms with van der Waals surface area (Å²) in [6, 6.07) is 0. The molecule has 1 N–H and O–H groups in total. The minimum atomic E-state index is 0.672. The highest BCUT2D eigenvalue weighted by Crippen LogP contribution is 2.28. The molecule has 6 nitrogen and oxygen atoms in total. The van der Waals surface area contributed by atoms with E-state index in [9.17, 15) is 0 Å². The predicted octanol–water partition coefficient (Wildman–Crippen LogP) is 0.341. The zero-order chi connectivity index (χ0) is 9.38. The highest BCUT2D eigenvalue weighted by atomic mass is 15.5. The van der Waals surface area contributed by atoms with Gasteiger partial charge in [-0.1, -0.05) is 0 Å². The molecule has 6 heteroatoms. The van der Waals surface area contributed by atoms with Gasteiger partial charge < -0.3 is 5.32 Å². The number of rotatable bonds is 3. The Labute approximate surface area is 80.3 Å². The molecule has 0 unspecified atom stereocenters. The molecule has 14 heavy (non-hydrogen) atoms. The van der Waals surface area contributed by atoms with Crippen LogP contribution in [-0.4, -0.2) is 31.6 Å². The van der Waals surface area contributed by atoms with Gasteiger partial charge in [0.2, 0.25) is 0 Å². The Morgan fingerprint density at radius 3 is 3.21 bits per heavy atom. The summed E-state index contributed by atoms with van der Waals surface area (Å²) in [4.78, 5) is 4.06. The van der Waals surface area contributed by atoms with E-state index in [2.05, 4.69) is 25.8 Å². The molecule has 0 saturated heterocycles. The maximum atomic E-state index is 4.06. The smallest absolute Gasteiger partial charge is 0.199 e. The third kappa shape index (κ3) is 1.28. The predicted molar refractivity (Wildman–Crippen MR) is 49.8 cm³/mol. The van der Waals surface area contributed by atoms with Crippen LogP contribution in [0.15, 0.2) is 12.4 Å². The van der Waals surface area contributed by atoms with Gasteiger partial charge in [0, 0.05) is 6.54 Å². The number of hydrogen-bond acceptors (Lipinski definition) is 5. The quantitative estimate of drug-likeness (QED) is 0.756. The summed E-state index contributed by atoms with van der Waals surface area (Å²) in [5.74, 6) is 1.68. The van der Waals surface area contributed by atoms with E-state index in [4.69, 9.17) is 0 Å². The standard InChI is InChI=1S/C8H10N6/c1-2-6(1)3-10-7-4-9-5-8-11-12-13-14(7)8/h4-6,10H,1-3H2. The lowest BCUT2D eigenvalue weighted by Crippen LogP contribution is -2.08. The highest BCUT2D eigenvalue weighted by molar-refractivity contribution is 5.43. The summed E-state index contributed by atoms with van der Waals surface area (Å²) in [7, 11) is 0. The van der Waals surface area contributed by atoms with Crippen LogP contribution in [0.4, 0.5) is 5.82 Å². The third-order valence-corrected chi connectivity index (χ3v) is 2.38. The number of nitrogens with one attached hydrogen (secondary N) is 1. The number of nitrogens with zero attached hydrogens (tertiary/aromatic N) is 5. The van der Waals surface area contributed by atoms with Gasteiger partial charge in [-0.25, -0.2) is 0 Å². The normalized spacial score (nSPS) is 16.0. The van der Waals surface area contributed by atoms with Crippen molar-refractivity contribution < 1.29 is 0 Å². The van der Waals surface area contributed by atoms with Crippen molar-refractivity contribution in [1.29, 1.82) is 0 Å². The Balaban J connectivity index is 1.89. The summed E-state index contributed by atoms with van der Waals surface area (Å²) in [5.41, 5.74) is 0.672. The van der Waals surface area contributed by atoms with E-state index in [0.29, 0.717) is 5.65 Å². The van der Waals surface area contributed by atoms with Gasteiger partial charge in [0.05, 0.1) is 12.4 Å². The van der Waals surface area contributed by atoms with E-state index in [-0.39, 0.29) is 0 Å². The van der Waals surface area contributed by atoms with Crippen LogP contribution in [-0.2, 0) is 0 Å². The number of hydrogen-bond donors (Lipinski definition) is 1. The number of fused-ring (bicyclic) bond motifs is 1. The van der Waals surface area contributed by atoms with Crippen molar-refractivity contribution in [3.8, 4) is 0 Å². The lowest BCUT2D eigenvalue weighted by Gasteiger charge is -2.04. The molecular formula is C8H10N6. The second kappa shape index (κ2) is 2.90. The van der Waals surface area contributed by atoms with Crippen LogP contribution in [0.25, 0.3) is 5.65 Å². The van der Waals surface area contributed by atoms with E-state index in [1.807, 2.05) is 0 Å². The Bertz CT molecular complexity index is 446. The van der Waals surface area contributed by atoms with Crippen LogP contribution in [0, 0.1) is 5.92 Å². The Morgan fingerprint density at radius 1 is 1.43 bits per heavy atom. The van der Waals surface area contributed by atoms with Gasteiger partial charge in [0.1, 0.15) is 5.82 Å². The van der Waals surface area contributed by atoms with Gasteiger partial charge in [-0.05, 0) is 29.2 Å². The van der Waals surface area contributed by atoms with E-state index >= 15 is 0 Å². The molecule has 0 radical (unpaired) electrons. The van der Waals surface area contributed by atoms with Gasteiger partial charge in [-0.15, -0.1) is 5.10 Å². The maximum Gasteiger partial charge on any atom is 0.199 e. The minimum Gasteiger partial charge on any atom is -0.368 e. The fourth-order valence-corrected chi connectivity index (χ4v) is 1.37. The van der Waals surface area contributed by atoms with Crippen LogP contribution in [0.5, 0.6) is 0 Å². The van der Waals surface area contributed by atoms with E-state index in [0.717, 1.165) is 18.3 Å². The van der Waals surface area contributed by atoms with Crippen molar-refractivity contribution in [2.45, 2.75) is 12.8 Å². The first-order valence-electron chi connectivity index (χ1n) is 4.69. The van der Waals surface area contributed by atoms with Crippen molar-refractivity contribution in [1.82, 2.24) is 25.0 Å². The fraction of sp³-hybridized carbons (Fsp3) is 0.500. The average Bonchev–Trinajstić information content (AvgIpc) is 2.91. The third-order valence-electron chi connectivity index (χ3n) is 2.38. The molecule has 1 saturated carbocycles. The first-order valence-corrected chi connectivity index (χ1v) is 4.69. The van der Waals surface area contributed by atoms with Crippen molar-refractivity contribution in [3.05, 3.63) is 12.4 Å². The molecular weight excluding hydrogens is 180 g/mol. The topological polar surface area (TPSA) is 68.0 Å². The Kier molecular flexibility index (Phi) is 1.59. The summed E-state index contributed by atoms with van der Waals surface area (Å²) < 4.78 is 1.66. The minimum absolute atomic E-state index is 0.672. The zero-order valence-electron chi connectivity index (χ0n) is 7.59. The van der Waals surface area contributed by atoms with E-state index in [1.54, 1.807) is 16.9 Å². The average molecular weight is 190 g/mol. The fourth-order valence-electron chi connectivity index (χ4n) is 1.37. The lowest BCUT2D eigenvalue weighted by atomic mass is 10.4. The van der Waals surface area contributed by atoms with Crippen LogP contribution in [0.2, 0.25) is 0 Å². The summed E-state index contributed by atoms with van der Waals surface area (Å²) >= 11 is 0. The Hall–Kier alpha value is -1.72. The second-order valence-corrected chi connectivity index (χ2v) is 3.57. The molecule has 2 aromatic rings. The molecule has 1 aliphatic carbocycles. The summed E-state index contributed by atoms with van der Waals surface area (Å²) in [6.45, 7) is 0.987. The molecule has 0 aromatic carbocycles. The lowest BCUT2D eigenvalue weighted by molar-refractivity contribution is 0.806. The first kappa shape index (κ1) is 7.66. The summed E-state index contributed by atoms with van der Waals surface area (Å²) in [6.07, 6.45) is 6.03. The van der Waals surface area contributed by atoms with Crippen LogP contribution in [0.1, 0.15) is 12.8 Å². The van der Waals surface area contributed by atoms with Gasteiger partial charge in [-0.2, -0.15) is 4.52 Å². The van der Waals surface area contributed by atoms with Crippen LogP contribution < -0.4 is 5.32 Å². The zero-order valence-corrected chi connectivity index (χ0v) is 7.59. The molecule has 0 amide bonds. The molecule has 1 fully saturated rings. The van der Waals surface area contributed by atoms with Gasteiger partial charge in [0.25, 0.3) is 0 Å². The number of aromatic nitrogens is 5. The highest BCUT2D eigenvalue weighted by Gasteiger charge is 2.21. The molecule has 0 aliphatic heterocycles. The van der Waals surface area contributed by atoms with Crippen molar-refractivity contribution in [2.24, 2.45) is 5.92 Å². The van der Waals surface area contributed by atoms with Gasteiger partial charge in [0.15, 0.2) is 5.65 Å². The SMILES string of the molecule is c1ncc2nnnn2c1NCC1CC1. The summed E-state index contributed by atoms with van der Waals surface area (Å²) in [5, 5.41) is 14.6. The molecule has 3 rings (SSSR count). The van der Waals surface area contributed by atoms with Gasteiger partial charge in [-0.3, -0.25) is 4.98 Å². The number of anilines is 1. The first-order chi connectivity index (χ1) is 6.93. The van der Waals surface area contributed by atoms with Crippen molar-refractivity contribution in [2.75, 3.05) is 11.9 Å². The van der Waals surface area contributed by atoms with Crippen molar-refractivity contribution in [3.63, 3.8) is 0 Å². The molecule has 0 bridgehead atoms. The Morgan fingerprint density at radius 2 is 2.36 bits per heavy atom. The monoisotopic (exact) mass is 190 g/mol. The van der Waals surface area contributed by atoms with Crippen molar-refractivity contribution >= 4 is 11.5 Å². The molecule has 1 aliphatic rings. The molecule has 2 aromatic heterocycles. The van der Waals surface area contributed by atoms with Crippen LogP contribution >= 0.6 is 0 Å². The second-order valence-electron chi connectivity index (χ2n) is 3.57.